The van der Waals surface area contributed by atoms with Crippen LogP contribution in [0.2, 0.25) is 5.02 Å². The van der Waals surface area contributed by atoms with E-state index in [-0.39, 0.29) is 6.10 Å². The van der Waals surface area contributed by atoms with E-state index < -0.39 is 0 Å². The van der Waals surface area contributed by atoms with Crippen molar-refractivity contribution >= 4 is 23.0 Å². The van der Waals surface area contributed by atoms with Gasteiger partial charge >= 0.3 is 0 Å². The lowest BCUT2D eigenvalue weighted by Crippen LogP contribution is -2.24. The lowest BCUT2D eigenvalue weighted by molar-refractivity contribution is 0.225. The van der Waals surface area contributed by atoms with Crippen LogP contribution in [0.1, 0.15) is 6.42 Å². The Bertz CT molecular complexity index is 663. The zero-order chi connectivity index (χ0) is 15.5. The maximum Gasteiger partial charge on any atom is 0.138 e. The molecule has 1 heterocycles. The van der Waals surface area contributed by atoms with Gasteiger partial charge in [-0.15, -0.1) is 0 Å². The molecule has 4 nitrogen and oxygen atoms in total. The SMILES string of the molecule is COc1cccc(N2CC[C@H](Oc3ccc(N)cc3Cl)C2)c1. The van der Waals surface area contributed by atoms with Crippen molar-refractivity contribution in [3.63, 3.8) is 0 Å². The van der Waals surface area contributed by atoms with Gasteiger partial charge in [0.2, 0.25) is 0 Å². The van der Waals surface area contributed by atoms with Crippen molar-refractivity contribution in [1.29, 1.82) is 0 Å². The van der Waals surface area contributed by atoms with E-state index in [0.717, 1.165) is 30.9 Å². The Labute approximate surface area is 135 Å². The molecule has 0 saturated carbocycles. The van der Waals surface area contributed by atoms with Crippen molar-refractivity contribution in [3.8, 4) is 11.5 Å². The van der Waals surface area contributed by atoms with E-state index in [4.69, 9.17) is 26.8 Å². The van der Waals surface area contributed by atoms with E-state index >= 15 is 0 Å². The first-order valence-corrected chi connectivity index (χ1v) is 7.64. The zero-order valence-electron chi connectivity index (χ0n) is 12.5. The fourth-order valence-electron chi connectivity index (χ4n) is 2.66. The molecule has 0 amide bonds. The van der Waals surface area contributed by atoms with Crippen LogP contribution in [0.3, 0.4) is 0 Å². The Morgan fingerprint density at radius 2 is 2.09 bits per heavy atom. The summed E-state index contributed by atoms with van der Waals surface area (Å²) in [5.74, 6) is 1.55. The number of rotatable bonds is 4. The van der Waals surface area contributed by atoms with Gasteiger partial charge < -0.3 is 20.1 Å². The van der Waals surface area contributed by atoms with Gasteiger partial charge in [0.15, 0.2) is 0 Å². The number of benzene rings is 2. The van der Waals surface area contributed by atoms with Gasteiger partial charge in [-0.25, -0.2) is 0 Å². The molecule has 0 aliphatic carbocycles. The Morgan fingerprint density at radius 3 is 2.86 bits per heavy atom. The van der Waals surface area contributed by atoms with Crippen molar-refractivity contribution in [1.82, 2.24) is 0 Å². The number of nitrogens with two attached hydrogens (primary N) is 1. The second-order valence-corrected chi connectivity index (χ2v) is 5.77. The predicted octanol–water partition coefficient (Wildman–Crippen LogP) is 3.59. The van der Waals surface area contributed by atoms with Gasteiger partial charge in [0.25, 0.3) is 0 Å². The molecule has 3 rings (SSSR count). The van der Waals surface area contributed by atoms with Gasteiger partial charge in [-0.3, -0.25) is 0 Å². The fourth-order valence-corrected chi connectivity index (χ4v) is 2.89. The molecule has 2 N–H and O–H groups in total. The lowest BCUT2D eigenvalue weighted by atomic mass is 10.2. The molecule has 0 bridgehead atoms. The maximum atomic E-state index is 6.17. The molecule has 2 aromatic carbocycles. The van der Waals surface area contributed by atoms with Crippen LogP contribution in [-0.2, 0) is 0 Å². The summed E-state index contributed by atoms with van der Waals surface area (Å²) in [5.41, 5.74) is 7.49. The van der Waals surface area contributed by atoms with Crippen LogP contribution in [0.4, 0.5) is 11.4 Å². The summed E-state index contributed by atoms with van der Waals surface area (Å²) in [4.78, 5) is 2.29. The third kappa shape index (κ3) is 3.22. The smallest absolute Gasteiger partial charge is 0.138 e. The molecule has 5 heteroatoms. The number of halogens is 1. The van der Waals surface area contributed by atoms with Crippen molar-refractivity contribution in [2.45, 2.75) is 12.5 Å². The molecule has 1 saturated heterocycles. The molecule has 0 unspecified atom stereocenters. The number of nitrogen functional groups attached to an aromatic ring is 1. The molecule has 1 fully saturated rings. The van der Waals surface area contributed by atoms with E-state index in [1.54, 1.807) is 19.2 Å². The van der Waals surface area contributed by atoms with E-state index in [1.165, 1.54) is 0 Å². The van der Waals surface area contributed by atoms with Gasteiger partial charge in [0, 0.05) is 30.4 Å². The Morgan fingerprint density at radius 1 is 1.23 bits per heavy atom. The summed E-state index contributed by atoms with van der Waals surface area (Å²) in [6, 6.07) is 13.4. The van der Waals surface area contributed by atoms with E-state index in [1.807, 2.05) is 24.3 Å². The summed E-state index contributed by atoms with van der Waals surface area (Å²) in [6.07, 6.45) is 1.07. The molecule has 22 heavy (non-hydrogen) atoms. The van der Waals surface area contributed by atoms with Gasteiger partial charge in [0.05, 0.1) is 18.7 Å². The van der Waals surface area contributed by atoms with Crippen LogP contribution in [-0.4, -0.2) is 26.3 Å². The molecule has 1 aliphatic heterocycles. The highest BCUT2D eigenvalue weighted by atomic mass is 35.5. The van der Waals surface area contributed by atoms with Gasteiger partial charge in [-0.1, -0.05) is 17.7 Å². The summed E-state index contributed by atoms with van der Waals surface area (Å²) < 4.78 is 11.3. The lowest BCUT2D eigenvalue weighted by Gasteiger charge is -2.20. The number of methoxy groups -OCH3 is 1. The third-order valence-electron chi connectivity index (χ3n) is 3.81. The Balaban J connectivity index is 1.67. The first-order chi connectivity index (χ1) is 10.7. The van der Waals surface area contributed by atoms with Gasteiger partial charge in [0.1, 0.15) is 17.6 Å². The molecular formula is C17H19ClN2O2. The molecule has 0 spiro atoms. The number of hydrogen-bond donors (Lipinski definition) is 1. The minimum atomic E-state index is 0.118. The van der Waals surface area contributed by atoms with Crippen molar-refractivity contribution in [2.75, 3.05) is 30.8 Å². The van der Waals surface area contributed by atoms with Gasteiger partial charge in [-0.2, -0.15) is 0 Å². The quantitative estimate of drug-likeness (QED) is 0.875. The summed E-state index contributed by atoms with van der Waals surface area (Å²) in [5, 5.41) is 0.555. The Hall–Kier alpha value is -2.07. The van der Waals surface area contributed by atoms with Crippen molar-refractivity contribution < 1.29 is 9.47 Å². The van der Waals surface area contributed by atoms with Crippen LogP contribution in [0.5, 0.6) is 11.5 Å². The number of hydrogen-bond acceptors (Lipinski definition) is 4. The second kappa shape index (κ2) is 6.36. The van der Waals surface area contributed by atoms with E-state index in [9.17, 15) is 0 Å². The maximum absolute atomic E-state index is 6.17. The van der Waals surface area contributed by atoms with Crippen LogP contribution in [0.25, 0.3) is 0 Å². The monoisotopic (exact) mass is 318 g/mol. The molecule has 1 atom stereocenters. The topological polar surface area (TPSA) is 47.7 Å². The van der Waals surface area contributed by atoms with Crippen molar-refractivity contribution in [2.24, 2.45) is 0 Å². The Kier molecular flexibility index (Phi) is 4.29. The summed E-state index contributed by atoms with van der Waals surface area (Å²) in [6.45, 7) is 1.78. The zero-order valence-corrected chi connectivity index (χ0v) is 13.2. The largest absolute Gasteiger partial charge is 0.497 e. The third-order valence-corrected chi connectivity index (χ3v) is 4.11. The average Bonchev–Trinajstić information content (AvgIpc) is 2.99. The van der Waals surface area contributed by atoms with Crippen LogP contribution in [0.15, 0.2) is 42.5 Å². The number of ether oxygens (including phenoxy) is 2. The van der Waals surface area contributed by atoms with Crippen LogP contribution >= 0.6 is 11.6 Å². The minimum absolute atomic E-state index is 0.118. The van der Waals surface area contributed by atoms with Crippen molar-refractivity contribution in [3.05, 3.63) is 47.5 Å². The highest BCUT2D eigenvalue weighted by Gasteiger charge is 2.25. The van der Waals surface area contributed by atoms with Gasteiger partial charge in [-0.05, 0) is 30.3 Å². The first kappa shape index (κ1) is 14.9. The second-order valence-electron chi connectivity index (χ2n) is 5.37. The minimum Gasteiger partial charge on any atom is -0.497 e. The number of anilines is 2. The summed E-state index contributed by atoms with van der Waals surface area (Å²) >= 11 is 6.17. The standard InChI is InChI=1S/C17H19ClN2O2/c1-21-14-4-2-3-13(10-14)20-8-7-15(11-20)22-17-6-5-12(19)9-16(17)18/h2-6,9-10,15H,7-8,11,19H2,1H3/t15-/m0/s1. The molecular weight excluding hydrogens is 300 g/mol. The molecule has 1 aliphatic rings. The molecule has 2 aromatic rings. The summed E-state index contributed by atoms with van der Waals surface area (Å²) in [7, 11) is 1.68. The highest BCUT2D eigenvalue weighted by molar-refractivity contribution is 6.32. The normalized spacial score (nSPS) is 17.5. The highest BCUT2D eigenvalue weighted by Crippen LogP contribution is 2.30. The molecule has 0 aromatic heterocycles. The first-order valence-electron chi connectivity index (χ1n) is 7.26. The van der Waals surface area contributed by atoms with Crippen LogP contribution in [0, 0.1) is 0 Å². The van der Waals surface area contributed by atoms with E-state index in [2.05, 4.69) is 11.0 Å². The average molecular weight is 319 g/mol. The van der Waals surface area contributed by atoms with Crippen LogP contribution < -0.4 is 20.1 Å². The molecule has 116 valence electrons. The fraction of sp³-hybridized carbons (Fsp3) is 0.294. The molecule has 0 radical (unpaired) electrons. The predicted molar refractivity (Wildman–Crippen MR) is 90.1 cm³/mol. The van der Waals surface area contributed by atoms with E-state index in [0.29, 0.717) is 16.5 Å². The number of nitrogens with zero attached hydrogens (tertiary/aromatic N) is 1.